The molecule has 0 aliphatic heterocycles. The molecule has 90 valence electrons. The van der Waals surface area contributed by atoms with Crippen molar-refractivity contribution in [3.63, 3.8) is 0 Å². The number of aromatic nitrogens is 3. The maximum Gasteiger partial charge on any atom is 0.353 e. The molecule has 2 rings (SSSR count). The summed E-state index contributed by atoms with van der Waals surface area (Å²) in [6, 6.07) is 0. The summed E-state index contributed by atoms with van der Waals surface area (Å²) in [6.45, 7) is 6.25. The topological polar surface area (TPSA) is 78.9 Å². The lowest BCUT2D eigenvalue weighted by Gasteiger charge is -2.13. The number of nitrogens with one attached hydrogen (secondary N) is 1. The molecular formula is C11H13N3O2S. The molecule has 0 saturated carbocycles. The van der Waals surface area contributed by atoms with Gasteiger partial charge in [0.25, 0.3) is 0 Å². The Bertz CT molecular complexity index is 551. The lowest BCUT2D eigenvalue weighted by molar-refractivity contribution is 0.0691. The number of imidazole rings is 1. The molecule has 5 nitrogen and oxygen atoms in total. The van der Waals surface area contributed by atoms with Gasteiger partial charge in [-0.15, -0.1) is 11.3 Å². The Morgan fingerprint density at radius 3 is 2.65 bits per heavy atom. The van der Waals surface area contributed by atoms with Gasteiger partial charge in [0.2, 0.25) is 0 Å². The number of rotatable bonds is 2. The molecule has 17 heavy (non-hydrogen) atoms. The molecule has 2 aromatic heterocycles. The van der Waals surface area contributed by atoms with Crippen molar-refractivity contribution in [3.8, 4) is 11.5 Å². The van der Waals surface area contributed by atoms with Crippen molar-refractivity contribution in [2.24, 2.45) is 0 Å². The van der Waals surface area contributed by atoms with Crippen LogP contribution in [-0.2, 0) is 5.41 Å². The fourth-order valence-corrected chi connectivity index (χ4v) is 2.18. The van der Waals surface area contributed by atoms with Crippen LogP contribution in [0, 0.1) is 0 Å². The predicted octanol–water partition coefficient (Wildman–Crippen LogP) is 2.53. The Hall–Kier alpha value is -1.69. The van der Waals surface area contributed by atoms with Gasteiger partial charge in [-0.1, -0.05) is 20.8 Å². The second kappa shape index (κ2) is 3.96. The number of carboxylic acid groups (broad SMARTS) is 1. The molecule has 0 bridgehead atoms. The summed E-state index contributed by atoms with van der Waals surface area (Å²) >= 11 is 1.55. The third-order valence-corrected chi connectivity index (χ3v) is 3.46. The molecule has 0 aliphatic rings. The average Bonchev–Trinajstić information content (AvgIpc) is 2.85. The van der Waals surface area contributed by atoms with E-state index in [0.29, 0.717) is 11.5 Å². The van der Waals surface area contributed by atoms with Gasteiger partial charge in [0.1, 0.15) is 11.4 Å². The van der Waals surface area contributed by atoms with Crippen molar-refractivity contribution in [1.29, 1.82) is 0 Å². The van der Waals surface area contributed by atoms with Gasteiger partial charge < -0.3 is 10.1 Å². The van der Waals surface area contributed by atoms with Crippen molar-refractivity contribution >= 4 is 17.3 Å². The number of carboxylic acids is 1. The van der Waals surface area contributed by atoms with Crippen molar-refractivity contribution in [1.82, 2.24) is 15.0 Å². The van der Waals surface area contributed by atoms with Crippen molar-refractivity contribution in [2.45, 2.75) is 26.2 Å². The molecule has 0 aromatic carbocycles. The molecule has 2 aromatic rings. The number of H-pyrrole nitrogens is 1. The van der Waals surface area contributed by atoms with Crippen LogP contribution in [-0.4, -0.2) is 26.0 Å². The van der Waals surface area contributed by atoms with Gasteiger partial charge in [0, 0.05) is 10.8 Å². The first kappa shape index (κ1) is 11.8. The molecule has 0 spiro atoms. The van der Waals surface area contributed by atoms with E-state index < -0.39 is 5.97 Å². The van der Waals surface area contributed by atoms with Crippen LogP contribution in [0.5, 0.6) is 0 Å². The zero-order valence-electron chi connectivity index (χ0n) is 9.81. The van der Waals surface area contributed by atoms with Crippen LogP contribution in [0.1, 0.15) is 36.3 Å². The highest BCUT2D eigenvalue weighted by atomic mass is 32.1. The van der Waals surface area contributed by atoms with E-state index in [1.807, 2.05) is 5.38 Å². The van der Waals surface area contributed by atoms with Crippen molar-refractivity contribution < 1.29 is 9.90 Å². The normalized spacial score (nSPS) is 11.7. The summed E-state index contributed by atoms with van der Waals surface area (Å²) in [5.41, 5.74) is 0.753. The van der Waals surface area contributed by atoms with Gasteiger partial charge in [0.05, 0.1) is 11.2 Å². The molecule has 0 amide bonds. The zero-order valence-corrected chi connectivity index (χ0v) is 10.6. The Labute approximate surface area is 103 Å². The predicted molar refractivity (Wildman–Crippen MR) is 65.4 cm³/mol. The van der Waals surface area contributed by atoms with E-state index in [-0.39, 0.29) is 11.1 Å². The molecule has 0 atom stereocenters. The van der Waals surface area contributed by atoms with E-state index >= 15 is 0 Å². The Balaban J connectivity index is 2.34. The summed E-state index contributed by atoms with van der Waals surface area (Å²) < 4.78 is 0. The molecular weight excluding hydrogens is 238 g/mol. The second-order valence-corrected chi connectivity index (χ2v) is 5.60. The lowest BCUT2D eigenvalue weighted by Crippen LogP contribution is -2.10. The highest BCUT2D eigenvalue weighted by molar-refractivity contribution is 7.10. The van der Waals surface area contributed by atoms with Crippen LogP contribution in [0.4, 0.5) is 0 Å². The maximum atomic E-state index is 10.7. The monoisotopic (exact) mass is 251 g/mol. The van der Waals surface area contributed by atoms with Gasteiger partial charge in [-0.05, 0) is 0 Å². The Kier molecular flexibility index (Phi) is 2.74. The van der Waals surface area contributed by atoms with Gasteiger partial charge in [-0.25, -0.2) is 14.8 Å². The zero-order chi connectivity index (χ0) is 12.6. The molecule has 2 heterocycles. The summed E-state index contributed by atoms with van der Waals surface area (Å²) in [4.78, 5) is 21.9. The van der Waals surface area contributed by atoms with Crippen LogP contribution >= 0.6 is 11.3 Å². The molecule has 2 N–H and O–H groups in total. The van der Waals surface area contributed by atoms with Crippen LogP contribution in [0.25, 0.3) is 11.5 Å². The summed E-state index contributed by atoms with van der Waals surface area (Å²) in [7, 11) is 0. The quantitative estimate of drug-likeness (QED) is 0.859. The summed E-state index contributed by atoms with van der Waals surface area (Å²) in [6.07, 6.45) is 1.30. The van der Waals surface area contributed by atoms with E-state index in [4.69, 9.17) is 5.11 Å². The maximum absolute atomic E-state index is 10.7. The smallest absolute Gasteiger partial charge is 0.353 e. The number of nitrogens with zero attached hydrogens (tertiary/aromatic N) is 2. The molecule has 0 fully saturated rings. The first-order valence-corrected chi connectivity index (χ1v) is 6.00. The number of hydrogen-bond donors (Lipinski definition) is 2. The minimum Gasteiger partial charge on any atom is -0.477 e. The number of carbonyl (C=O) groups is 1. The standard InChI is InChI=1S/C11H13N3O2S/c1-11(2,3)10-14-7(5-17-10)8-12-4-6(13-8)9(15)16/h4-5H,1-3H3,(H,12,13)(H,15,16). The largest absolute Gasteiger partial charge is 0.477 e. The minimum absolute atomic E-state index is 0.00879. The van der Waals surface area contributed by atoms with Crippen LogP contribution in [0.15, 0.2) is 11.6 Å². The highest BCUT2D eigenvalue weighted by Gasteiger charge is 2.19. The summed E-state index contributed by atoms with van der Waals surface area (Å²) in [5, 5.41) is 11.7. The first-order valence-electron chi connectivity index (χ1n) is 5.12. The number of aromatic carboxylic acids is 1. The summed E-state index contributed by atoms with van der Waals surface area (Å²) in [5.74, 6) is -0.524. The number of aromatic amines is 1. The van der Waals surface area contributed by atoms with Crippen molar-refractivity contribution in [3.05, 3.63) is 22.3 Å². The SMILES string of the molecule is CC(C)(C)c1nc(-c2ncc(C(=O)O)[nH]2)cs1. The van der Waals surface area contributed by atoms with E-state index in [1.54, 1.807) is 11.3 Å². The Morgan fingerprint density at radius 1 is 1.47 bits per heavy atom. The fourth-order valence-electron chi connectivity index (χ4n) is 1.29. The van der Waals surface area contributed by atoms with Crippen LogP contribution in [0.2, 0.25) is 0 Å². The second-order valence-electron chi connectivity index (χ2n) is 4.74. The molecule has 0 aliphatic carbocycles. The fraction of sp³-hybridized carbons (Fsp3) is 0.364. The third kappa shape index (κ3) is 2.36. The molecule has 0 unspecified atom stereocenters. The highest BCUT2D eigenvalue weighted by Crippen LogP contribution is 2.28. The van der Waals surface area contributed by atoms with E-state index in [1.165, 1.54) is 6.20 Å². The van der Waals surface area contributed by atoms with Gasteiger partial charge in [-0.3, -0.25) is 0 Å². The average molecular weight is 251 g/mol. The number of hydrogen-bond acceptors (Lipinski definition) is 4. The third-order valence-electron chi connectivity index (χ3n) is 2.19. The Morgan fingerprint density at radius 2 is 2.18 bits per heavy atom. The van der Waals surface area contributed by atoms with Crippen LogP contribution in [0.3, 0.4) is 0 Å². The molecule has 6 heteroatoms. The van der Waals surface area contributed by atoms with Crippen LogP contribution < -0.4 is 0 Å². The van der Waals surface area contributed by atoms with Gasteiger partial charge >= 0.3 is 5.97 Å². The molecule has 0 radical (unpaired) electrons. The van der Waals surface area contributed by atoms with Gasteiger partial charge in [-0.2, -0.15) is 0 Å². The van der Waals surface area contributed by atoms with E-state index in [9.17, 15) is 4.79 Å². The minimum atomic E-state index is -1.02. The number of thiazole rings is 1. The van der Waals surface area contributed by atoms with Gasteiger partial charge in [0.15, 0.2) is 5.82 Å². The lowest BCUT2D eigenvalue weighted by atomic mass is 9.98. The molecule has 0 saturated heterocycles. The first-order chi connectivity index (χ1) is 7.88. The van der Waals surface area contributed by atoms with E-state index in [2.05, 4.69) is 35.7 Å². The van der Waals surface area contributed by atoms with E-state index in [0.717, 1.165) is 5.01 Å². The van der Waals surface area contributed by atoms with Crippen molar-refractivity contribution in [2.75, 3.05) is 0 Å².